The molecule has 1 aromatic heterocycles. The average Bonchev–Trinajstić information content (AvgIpc) is 2.88. The lowest BCUT2D eigenvalue weighted by Crippen LogP contribution is -2.48. The molecule has 2 heterocycles. The van der Waals surface area contributed by atoms with Crippen molar-refractivity contribution in [3.63, 3.8) is 0 Å². The first-order valence-corrected chi connectivity index (χ1v) is 7.04. The first-order valence-electron chi connectivity index (χ1n) is 7.04. The minimum Gasteiger partial charge on any atom is -0.468 e. The Morgan fingerprint density at radius 3 is 2.95 bits per heavy atom. The molecule has 0 spiro atoms. The van der Waals surface area contributed by atoms with Crippen molar-refractivity contribution in [3.05, 3.63) is 18.0 Å². The lowest BCUT2D eigenvalue weighted by Gasteiger charge is -2.35. The third-order valence-electron chi connectivity index (χ3n) is 3.73. The molecule has 1 aliphatic rings. The van der Waals surface area contributed by atoms with Crippen molar-refractivity contribution in [2.24, 2.45) is 0 Å². The second-order valence-corrected chi connectivity index (χ2v) is 5.61. The van der Waals surface area contributed by atoms with Gasteiger partial charge in [0.1, 0.15) is 6.04 Å². The number of piperidine rings is 1. The van der Waals surface area contributed by atoms with Gasteiger partial charge in [0.15, 0.2) is 0 Å². The lowest BCUT2D eigenvalue weighted by molar-refractivity contribution is -0.150. The second-order valence-electron chi connectivity index (χ2n) is 5.61. The molecular formula is C14H23N3O3. The molecule has 2 atom stereocenters. The summed E-state index contributed by atoms with van der Waals surface area (Å²) in [5.74, 6) is -0.278. The molecule has 6 heteroatoms. The van der Waals surface area contributed by atoms with Crippen LogP contribution in [-0.2, 0) is 16.1 Å². The Morgan fingerprint density at radius 1 is 1.60 bits per heavy atom. The number of esters is 1. The van der Waals surface area contributed by atoms with Crippen LogP contribution >= 0.6 is 0 Å². The summed E-state index contributed by atoms with van der Waals surface area (Å²) in [5, 5.41) is 14.0. The van der Waals surface area contributed by atoms with Crippen molar-refractivity contribution in [1.29, 1.82) is 0 Å². The van der Waals surface area contributed by atoms with Crippen LogP contribution in [0.1, 0.15) is 38.3 Å². The first kappa shape index (κ1) is 15.0. The summed E-state index contributed by atoms with van der Waals surface area (Å²) in [7, 11) is 1.39. The lowest BCUT2D eigenvalue weighted by atomic mass is 9.99. The molecule has 0 unspecified atom stereocenters. The van der Waals surface area contributed by atoms with Crippen LogP contribution in [0.15, 0.2) is 12.4 Å². The Labute approximate surface area is 119 Å². The van der Waals surface area contributed by atoms with Gasteiger partial charge in [0.05, 0.1) is 19.4 Å². The van der Waals surface area contributed by atoms with E-state index in [1.165, 1.54) is 7.11 Å². The van der Waals surface area contributed by atoms with Gasteiger partial charge < -0.3 is 9.84 Å². The van der Waals surface area contributed by atoms with E-state index in [0.717, 1.165) is 5.56 Å². The molecule has 2 rings (SSSR count). The second kappa shape index (κ2) is 6.37. The van der Waals surface area contributed by atoms with Gasteiger partial charge in [-0.05, 0) is 26.7 Å². The fraction of sp³-hybridized carbons (Fsp3) is 0.714. The van der Waals surface area contributed by atoms with Gasteiger partial charge in [0.25, 0.3) is 0 Å². The van der Waals surface area contributed by atoms with Crippen molar-refractivity contribution in [2.45, 2.75) is 51.4 Å². The van der Waals surface area contributed by atoms with E-state index in [0.29, 0.717) is 32.0 Å². The molecular weight excluding hydrogens is 258 g/mol. The molecule has 0 aliphatic carbocycles. The van der Waals surface area contributed by atoms with Crippen molar-refractivity contribution < 1.29 is 14.6 Å². The minimum absolute atomic E-state index is 0.278. The Bertz CT molecular complexity index is 458. The molecule has 0 bridgehead atoms. The SMILES string of the molecule is COC(=O)[C@@H]1C[C@H](O)CCN1Cc1cnn(C(C)C)c1. The van der Waals surface area contributed by atoms with Gasteiger partial charge in [-0.25, -0.2) is 0 Å². The number of likely N-dealkylation sites (tertiary alicyclic amines) is 1. The Hall–Kier alpha value is -1.40. The number of methoxy groups -OCH3 is 1. The third kappa shape index (κ3) is 3.37. The smallest absolute Gasteiger partial charge is 0.323 e. The molecule has 1 aromatic rings. The van der Waals surface area contributed by atoms with Crippen LogP contribution < -0.4 is 0 Å². The maximum Gasteiger partial charge on any atom is 0.323 e. The topological polar surface area (TPSA) is 67.6 Å². The van der Waals surface area contributed by atoms with Crippen LogP contribution in [0.4, 0.5) is 0 Å². The van der Waals surface area contributed by atoms with Gasteiger partial charge in [-0.3, -0.25) is 14.4 Å². The molecule has 1 N–H and O–H groups in total. The summed E-state index contributed by atoms with van der Waals surface area (Å²) in [6, 6.07) is -0.0468. The Morgan fingerprint density at radius 2 is 2.35 bits per heavy atom. The Kier molecular flexibility index (Phi) is 4.77. The summed E-state index contributed by atoms with van der Waals surface area (Å²) >= 11 is 0. The maximum atomic E-state index is 11.8. The number of nitrogens with zero attached hydrogens (tertiary/aromatic N) is 3. The quantitative estimate of drug-likeness (QED) is 0.833. The predicted octanol–water partition coefficient (Wildman–Crippen LogP) is 0.962. The van der Waals surface area contributed by atoms with E-state index in [9.17, 15) is 9.90 Å². The van der Waals surface area contributed by atoms with Crippen LogP contribution in [0.5, 0.6) is 0 Å². The van der Waals surface area contributed by atoms with Gasteiger partial charge >= 0.3 is 5.97 Å². The zero-order chi connectivity index (χ0) is 14.7. The molecule has 0 radical (unpaired) electrons. The number of aromatic nitrogens is 2. The number of hydrogen-bond donors (Lipinski definition) is 1. The summed E-state index contributed by atoms with van der Waals surface area (Å²) in [5.41, 5.74) is 1.07. The first-order chi connectivity index (χ1) is 9.51. The molecule has 0 aromatic carbocycles. The van der Waals surface area contributed by atoms with Gasteiger partial charge in [0, 0.05) is 30.9 Å². The largest absolute Gasteiger partial charge is 0.468 e. The number of hydrogen-bond acceptors (Lipinski definition) is 5. The standard InChI is InChI=1S/C14H23N3O3/c1-10(2)17-9-11(7-15-17)8-16-5-4-12(18)6-13(16)14(19)20-3/h7,9-10,12-13,18H,4-6,8H2,1-3H3/t12-,13+/m1/s1. The van der Waals surface area contributed by atoms with Crippen LogP contribution in [-0.4, -0.2) is 51.6 Å². The highest BCUT2D eigenvalue weighted by molar-refractivity contribution is 5.75. The zero-order valence-electron chi connectivity index (χ0n) is 12.3. The minimum atomic E-state index is -0.422. The molecule has 1 saturated heterocycles. The van der Waals surface area contributed by atoms with Crippen LogP contribution in [0.2, 0.25) is 0 Å². The van der Waals surface area contributed by atoms with Crippen LogP contribution in [0, 0.1) is 0 Å². The number of aliphatic hydroxyl groups excluding tert-OH is 1. The monoisotopic (exact) mass is 281 g/mol. The summed E-state index contributed by atoms with van der Waals surface area (Å²) in [6.07, 6.45) is 4.54. The van der Waals surface area contributed by atoms with E-state index in [1.54, 1.807) is 0 Å². The average molecular weight is 281 g/mol. The van der Waals surface area contributed by atoms with E-state index < -0.39 is 6.10 Å². The molecule has 112 valence electrons. The maximum absolute atomic E-state index is 11.8. The highest BCUT2D eigenvalue weighted by Gasteiger charge is 2.33. The van der Waals surface area contributed by atoms with Gasteiger partial charge in [-0.2, -0.15) is 5.10 Å². The number of carbonyl (C=O) groups is 1. The van der Waals surface area contributed by atoms with Crippen molar-refractivity contribution in [3.8, 4) is 0 Å². The number of rotatable bonds is 4. The number of ether oxygens (including phenoxy) is 1. The molecule has 1 aliphatic heterocycles. The van der Waals surface area contributed by atoms with Gasteiger partial charge in [-0.15, -0.1) is 0 Å². The van der Waals surface area contributed by atoms with Gasteiger partial charge in [0.2, 0.25) is 0 Å². The van der Waals surface area contributed by atoms with E-state index in [2.05, 4.69) is 23.8 Å². The van der Waals surface area contributed by atoms with E-state index in [-0.39, 0.29) is 12.0 Å². The summed E-state index contributed by atoms with van der Waals surface area (Å²) in [4.78, 5) is 13.9. The highest BCUT2D eigenvalue weighted by atomic mass is 16.5. The molecule has 0 amide bonds. The normalized spacial score (nSPS) is 24.1. The van der Waals surface area contributed by atoms with E-state index >= 15 is 0 Å². The highest BCUT2D eigenvalue weighted by Crippen LogP contribution is 2.21. The number of carbonyl (C=O) groups excluding carboxylic acids is 1. The van der Waals surface area contributed by atoms with Crippen LogP contribution in [0.25, 0.3) is 0 Å². The molecule has 6 nitrogen and oxygen atoms in total. The molecule has 1 fully saturated rings. The summed E-state index contributed by atoms with van der Waals surface area (Å²) < 4.78 is 6.74. The molecule has 20 heavy (non-hydrogen) atoms. The zero-order valence-corrected chi connectivity index (χ0v) is 12.3. The Balaban J connectivity index is 2.06. The van der Waals surface area contributed by atoms with Crippen LogP contribution in [0.3, 0.4) is 0 Å². The third-order valence-corrected chi connectivity index (χ3v) is 3.73. The van der Waals surface area contributed by atoms with E-state index in [1.807, 2.05) is 17.1 Å². The van der Waals surface area contributed by atoms with E-state index in [4.69, 9.17) is 4.74 Å². The summed E-state index contributed by atoms with van der Waals surface area (Å²) in [6.45, 7) is 5.49. The fourth-order valence-corrected chi connectivity index (χ4v) is 2.54. The van der Waals surface area contributed by atoms with Crippen molar-refractivity contribution >= 4 is 5.97 Å². The molecule has 0 saturated carbocycles. The van der Waals surface area contributed by atoms with Gasteiger partial charge in [-0.1, -0.05) is 0 Å². The number of aliphatic hydroxyl groups is 1. The van der Waals surface area contributed by atoms with Crippen molar-refractivity contribution in [2.75, 3.05) is 13.7 Å². The van der Waals surface area contributed by atoms with Crippen molar-refractivity contribution in [1.82, 2.24) is 14.7 Å². The fourth-order valence-electron chi connectivity index (χ4n) is 2.54. The predicted molar refractivity (Wildman–Crippen MR) is 74.1 cm³/mol.